The van der Waals surface area contributed by atoms with E-state index in [9.17, 15) is 23.2 Å². The molecule has 2 aliphatic carbocycles. The highest BCUT2D eigenvalue weighted by atomic mass is 19.1. The molecule has 3 amide bonds. The summed E-state index contributed by atoms with van der Waals surface area (Å²) in [7, 11) is 0. The maximum absolute atomic E-state index is 14.9. The van der Waals surface area contributed by atoms with Gasteiger partial charge in [-0.15, -0.1) is 6.42 Å². The van der Waals surface area contributed by atoms with Gasteiger partial charge in [-0.2, -0.15) is 0 Å². The second kappa shape index (κ2) is 16.0. The molecule has 2 unspecified atom stereocenters. The number of rotatable bonds is 10. The third-order valence-corrected chi connectivity index (χ3v) is 7.93. The molecule has 0 aromatic heterocycles. The van der Waals surface area contributed by atoms with Gasteiger partial charge in [0.25, 0.3) is 0 Å². The number of benzene rings is 1. The number of nitrogens with two attached hydrogens (primary N) is 1. The van der Waals surface area contributed by atoms with Crippen molar-refractivity contribution in [3.8, 4) is 12.3 Å². The number of carbonyl (C=O) groups excluding carboxylic acids is 3. The predicted octanol–water partition coefficient (Wildman–Crippen LogP) is 4.66. The molecule has 1 aromatic carbocycles. The standard InChI is InChI=1S/C18H24N2O.C15H20F2N2O2/c1-3-18(16-7-5-4-6-8-16)11-9-17(10-12-18)20-14-13-19-15(2)21;1-4-12(19-10(3)20)13(14(18)21)9(2)15(17)7-5-11(16)6-8-15/h1,4-8,17,20H,9-14H2,2H3,(H,19,21);5-7,9H,4,8H2,1-3H3,(H2,18,21)(H,19,20)/b;13-12+. The number of hydrogen-bond donors (Lipinski definition) is 4. The average molecular weight is 583 g/mol. The summed E-state index contributed by atoms with van der Waals surface area (Å²) in [6.45, 7) is 7.56. The Hall–Kier alpha value is -3.77. The molecule has 228 valence electrons. The van der Waals surface area contributed by atoms with Gasteiger partial charge < -0.3 is 21.7 Å². The Morgan fingerprint density at radius 2 is 1.76 bits per heavy atom. The molecule has 5 N–H and O–H groups in total. The molecule has 7 nitrogen and oxygen atoms in total. The molecule has 0 radical (unpaired) electrons. The lowest BCUT2D eigenvalue weighted by Crippen LogP contribution is -2.41. The van der Waals surface area contributed by atoms with Crippen LogP contribution in [-0.4, -0.2) is 42.5 Å². The Morgan fingerprint density at radius 1 is 1.12 bits per heavy atom. The predicted molar refractivity (Wildman–Crippen MR) is 162 cm³/mol. The Balaban J connectivity index is 0.000000293. The van der Waals surface area contributed by atoms with Crippen molar-refractivity contribution in [3.63, 3.8) is 0 Å². The van der Waals surface area contributed by atoms with Crippen LogP contribution in [0.3, 0.4) is 0 Å². The number of carbonyl (C=O) groups is 3. The molecule has 0 spiro atoms. The smallest absolute Gasteiger partial charge is 0.246 e. The van der Waals surface area contributed by atoms with Crippen molar-refractivity contribution < 1.29 is 23.2 Å². The first-order valence-corrected chi connectivity index (χ1v) is 14.4. The van der Waals surface area contributed by atoms with Gasteiger partial charge in [-0.3, -0.25) is 14.4 Å². The van der Waals surface area contributed by atoms with Crippen LogP contribution in [0.1, 0.15) is 71.8 Å². The summed E-state index contributed by atoms with van der Waals surface area (Å²) < 4.78 is 27.9. The molecule has 2 aliphatic rings. The van der Waals surface area contributed by atoms with E-state index < -0.39 is 23.3 Å². The van der Waals surface area contributed by atoms with E-state index in [-0.39, 0.29) is 29.2 Å². The number of amides is 3. The van der Waals surface area contributed by atoms with E-state index in [1.807, 2.05) is 6.07 Å². The van der Waals surface area contributed by atoms with Crippen LogP contribution >= 0.6 is 0 Å². The Labute approximate surface area is 248 Å². The molecule has 1 fully saturated rings. The summed E-state index contributed by atoms with van der Waals surface area (Å²) in [5.74, 6) is 0.492. The lowest BCUT2D eigenvalue weighted by molar-refractivity contribution is -0.119. The molecule has 0 aliphatic heterocycles. The topological polar surface area (TPSA) is 113 Å². The fourth-order valence-electron chi connectivity index (χ4n) is 5.45. The fourth-order valence-corrected chi connectivity index (χ4v) is 5.45. The lowest BCUT2D eigenvalue weighted by atomic mass is 9.69. The highest BCUT2D eigenvalue weighted by molar-refractivity contribution is 5.94. The van der Waals surface area contributed by atoms with Gasteiger partial charge in [0.05, 0.1) is 5.41 Å². The Kier molecular flexibility index (Phi) is 13.1. The van der Waals surface area contributed by atoms with Crippen molar-refractivity contribution >= 4 is 17.7 Å². The monoisotopic (exact) mass is 582 g/mol. The van der Waals surface area contributed by atoms with Gasteiger partial charge in [0.1, 0.15) is 11.5 Å². The Bertz CT molecular complexity index is 1230. The minimum Gasteiger partial charge on any atom is -0.366 e. The fraction of sp³-hybridized carbons (Fsp3) is 0.485. The normalized spacial score (nSPS) is 24.5. The average Bonchev–Trinajstić information content (AvgIpc) is 2.97. The molecule has 9 heteroatoms. The van der Waals surface area contributed by atoms with Crippen LogP contribution in [0.2, 0.25) is 0 Å². The zero-order valence-electron chi connectivity index (χ0n) is 25.1. The molecule has 3 rings (SSSR count). The first kappa shape index (κ1) is 34.4. The van der Waals surface area contributed by atoms with Crippen molar-refractivity contribution in [2.75, 3.05) is 13.1 Å². The van der Waals surface area contributed by atoms with Crippen LogP contribution in [0.25, 0.3) is 0 Å². The molecule has 2 atom stereocenters. The zero-order valence-corrected chi connectivity index (χ0v) is 25.1. The van der Waals surface area contributed by atoms with Gasteiger partial charge in [0, 0.05) is 56.6 Å². The third-order valence-electron chi connectivity index (χ3n) is 7.93. The number of hydrogen-bond acceptors (Lipinski definition) is 4. The van der Waals surface area contributed by atoms with E-state index in [1.165, 1.54) is 19.4 Å². The molecule has 42 heavy (non-hydrogen) atoms. The van der Waals surface area contributed by atoms with Crippen molar-refractivity contribution in [1.82, 2.24) is 16.0 Å². The molecular weight excluding hydrogens is 538 g/mol. The first-order chi connectivity index (χ1) is 19.9. The minimum atomic E-state index is -1.92. The van der Waals surface area contributed by atoms with Crippen LogP contribution in [0.5, 0.6) is 0 Å². The SMILES string of the molecule is C#CC1(c2ccccc2)CCC(NCCNC(C)=O)CC1.CC/C(NC(C)=O)=C(\C(N)=O)C(C)C1(F)C=CC(F)=CC1. The largest absolute Gasteiger partial charge is 0.366 e. The second-order valence-electron chi connectivity index (χ2n) is 10.9. The molecule has 0 saturated heterocycles. The van der Waals surface area contributed by atoms with Crippen LogP contribution in [0.4, 0.5) is 8.78 Å². The van der Waals surface area contributed by atoms with Crippen molar-refractivity contribution in [3.05, 3.63) is 71.2 Å². The maximum atomic E-state index is 14.9. The van der Waals surface area contributed by atoms with Gasteiger partial charge >= 0.3 is 0 Å². The lowest BCUT2D eigenvalue weighted by Gasteiger charge is -2.37. The number of nitrogens with one attached hydrogen (secondary N) is 3. The van der Waals surface area contributed by atoms with Gasteiger partial charge in [-0.05, 0) is 55.9 Å². The number of terminal acetylenes is 1. The second-order valence-corrected chi connectivity index (χ2v) is 10.9. The summed E-state index contributed by atoms with van der Waals surface area (Å²) in [6, 6.07) is 10.9. The summed E-state index contributed by atoms with van der Waals surface area (Å²) in [5.41, 5.74) is 4.92. The van der Waals surface area contributed by atoms with Crippen LogP contribution < -0.4 is 21.7 Å². The van der Waals surface area contributed by atoms with E-state index in [2.05, 4.69) is 46.1 Å². The number of alkyl halides is 1. The summed E-state index contributed by atoms with van der Waals surface area (Å²) in [6.07, 6.45) is 13.4. The van der Waals surface area contributed by atoms with Crippen molar-refractivity contribution in [2.45, 2.75) is 83.3 Å². The molecule has 0 bridgehead atoms. The molecule has 1 saturated carbocycles. The molecule has 1 aromatic rings. The van der Waals surface area contributed by atoms with Crippen LogP contribution in [0.15, 0.2) is 65.7 Å². The quantitative estimate of drug-likeness (QED) is 0.183. The number of halogens is 2. The number of primary amides is 1. The summed E-state index contributed by atoms with van der Waals surface area (Å²) >= 11 is 0. The zero-order chi connectivity index (χ0) is 31.3. The highest BCUT2D eigenvalue weighted by Crippen LogP contribution is 2.39. The van der Waals surface area contributed by atoms with E-state index in [1.54, 1.807) is 13.8 Å². The van der Waals surface area contributed by atoms with Gasteiger partial charge in [-0.1, -0.05) is 50.1 Å². The minimum absolute atomic E-state index is 0.0237. The first-order valence-electron chi connectivity index (χ1n) is 14.4. The molecule has 0 heterocycles. The van der Waals surface area contributed by atoms with Gasteiger partial charge in [0.2, 0.25) is 17.7 Å². The van der Waals surface area contributed by atoms with Gasteiger partial charge in [0.15, 0.2) is 0 Å². The third kappa shape index (κ3) is 9.66. The molecular formula is C33H44F2N4O3. The summed E-state index contributed by atoms with van der Waals surface area (Å²) in [4.78, 5) is 33.7. The summed E-state index contributed by atoms with van der Waals surface area (Å²) in [5, 5.41) is 8.83. The van der Waals surface area contributed by atoms with Gasteiger partial charge in [-0.25, -0.2) is 8.78 Å². The van der Waals surface area contributed by atoms with E-state index in [0.29, 0.717) is 24.7 Å². The van der Waals surface area contributed by atoms with Crippen molar-refractivity contribution in [2.24, 2.45) is 11.7 Å². The highest BCUT2D eigenvalue weighted by Gasteiger charge is 2.39. The Morgan fingerprint density at radius 3 is 2.24 bits per heavy atom. The number of allylic oxidation sites excluding steroid dienone is 5. The van der Waals surface area contributed by atoms with E-state index in [4.69, 9.17) is 12.2 Å². The van der Waals surface area contributed by atoms with Crippen molar-refractivity contribution in [1.29, 1.82) is 0 Å². The maximum Gasteiger partial charge on any atom is 0.246 e. The van der Waals surface area contributed by atoms with Crippen LogP contribution in [-0.2, 0) is 19.8 Å². The van der Waals surface area contributed by atoms with E-state index >= 15 is 0 Å². The van der Waals surface area contributed by atoms with E-state index in [0.717, 1.165) is 50.5 Å². The van der Waals surface area contributed by atoms with Crippen LogP contribution in [0, 0.1) is 18.3 Å².